The van der Waals surface area contributed by atoms with Gasteiger partial charge >= 0.3 is 6.03 Å². The van der Waals surface area contributed by atoms with Crippen LogP contribution in [0, 0.1) is 5.82 Å². The molecule has 0 atom stereocenters. The highest BCUT2D eigenvalue weighted by molar-refractivity contribution is 5.78. The maximum atomic E-state index is 14.3. The van der Waals surface area contributed by atoms with E-state index in [-0.39, 0.29) is 30.9 Å². The molecule has 9 heteroatoms. The van der Waals surface area contributed by atoms with E-state index in [0.29, 0.717) is 37.4 Å². The zero-order chi connectivity index (χ0) is 19.2. The van der Waals surface area contributed by atoms with Crippen LogP contribution in [0.25, 0.3) is 5.69 Å². The molecule has 0 saturated carbocycles. The number of piperazine rings is 1. The van der Waals surface area contributed by atoms with Gasteiger partial charge in [-0.1, -0.05) is 6.07 Å². The van der Waals surface area contributed by atoms with Crippen molar-refractivity contribution < 1.29 is 18.7 Å². The number of hydrogen-bond donors (Lipinski definition) is 1. The highest BCUT2D eigenvalue weighted by Gasteiger charge is 2.23. The lowest BCUT2D eigenvalue weighted by molar-refractivity contribution is -0.136. The fourth-order valence-electron chi connectivity index (χ4n) is 2.93. The van der Waals surface area contributed by atoms with E-state index in [4.69, 9.17) is 4.74 Å². The number of aromatic nitrogens is 2. The highest BCUT2D eigenvalue weighted by Crippen LogP contribution is 2.15. The molecule has 144 valence electrons. The summed E-state index contributed by atoms with van der Waals surface area (Å²) in [4.78, 5) is 31.3. The van der Waals surface area contributed by atoms with Gasteiger partial charge in [-0.05, 0) is 17.7 Å². The zero-order valence-electron chi connectivity index (χ0n) is 15.1. The number of hydrogen-bond acceptors (Lipinski definition) is 4. The summed E-state index contributed by atoms with van der Waals surface area (Å²) < 4.78 is 20.7. The SMILES string of the molecule is COCC(=O)N1CCN(C(=O)NCc2ccc(-n3ccnc3)c(F)c2)CC1. The average molecular weight is 375 g/mol. The van der Waals surface area contributed by atoms with Gasteiger partial charge in [0.2, 0.25) is 5.91 Å². The Bertz CT molecular complexity index is 788. The quantitative estimate of drug-likeness (QED) is 0.846. The van der Waals surface area contributed by atoms with Gasteiger partial charge < -0.3 is 24.4 Å². The molecule has 1 N–H and O–H groups in total. The van der Waals surface area contributed by atoms with E-state index in [1.165, 1.54) is 19.5 Å². The van der Waals surface area contributed by atoms with E-state index in [9.17, 15) is 14.0 Å². The Kier molecular flexibility index (Phi) is 6.02. The number of imidazole rings is 1. The van der Waals surface area contributed by atoms with E-state index in [2.05, 4.69) is 10.3 Å². The third-order valence-electron chi connectivity index (χ3n) is 4.43. The van der Waals surface area contributed by atoms with Crippen LogP contribution in [0.4, 0.5) is 9.18 Å². The molecule has 1 aliphatic rings. The lowest BCUT2D eigenvalue weighted by atomic mass is 10.2. The molecule has 3 rings (SSSR count). The first-order chi connectivity index (χ1) is 13.1. The van der Waals surface area contributed by atoms with Crippen molar-refractivity contribution in [3.05, 3.63) is 48.3 Å². The van der Waals surface area contributed by atoms with Gasteiger partial charge in [0.15, 0.2) is 0 Å². The van der Waals surface area contributed by atoms with Gasteiger partial charge in [0.1, 0.15) is 12.4 Å². The van der Waals surface area contributed by atoms with Crippen molar-refractivity contribution in [3.63, 3.8) is 0 Å². The Balaban J connectivity index is 1.50. The predicted octanol–water partition coefficient (Wildman–Crippen LogP) is 1.01. The van der Waals surface area contributed by atoms with Crippen LogP contribution in [-0.2, 0) is 16.1 Å². The lowest BCUT2D eigenvalue weighted by Crippen LogP contribution is -2.53. The predicted molar refractivity (Wildman–Crippen MR) is 95.8 cm³/mol. The number of benzene rings is 1. The highest BCUT2D eigenvalue weighted by atomic mass is 19.1. The molecule has 1 aliphatic heterocycles. The number of urea groups is 1. The second kappa shape index (κ2) is 8.63. The van der Waals surface area contributed by atoms with Gasteiger partial charge in [-0.3, -0.25) is 4.79 Å². The van der Waals surface area contributed by atoms with Crippen LogP contribution < -0.4 is 5.32 Å². The Hall–Kier alpha value is -2.94. The Morgan fingerprint density at radius 2 is 1.96 bits per heavy atom. The van der Waals surface area contributed by atoms with Gasteiger partial charge in [-0.25, -0.2) is 14.2 Å². The number of nitrogens with one attached hydrogen (secondary N) is 1. The van der Waals surface area contributed by atoms with Gasteiger partial charge in [-0.2, -0.15) is 0 Å². The minimum atomic E-state index is -0.384. The molecule has 2 aromatic rings. The van der Waals surface area contributed by atoms with E-state index in [1.54, 1.807) is 38.9 Å². The minimum absolute atomic E-state index is 0.0484. The fourth-order valence-corrected chi connectivity index (χ4v) is 2.93. The summed E-state index contributed by atoms with van der Waals surface area (Å²) in [7, 11) is 1.48. The molecular formula is C18H22FN5O3. The maximum Gasteiger partial charge on any atom is 0.317 e. The molecule has 1 fully saturated rings. The normalized spacial score (nSPS) is 14.3. The monoisotopic (exact) mass is 375 g/mol. The maximum absolute atomic E-state index is 14.3. The summed E-state index contributed by atoms with van der Waals surface area (Å²) in [6, 6.07) is 4.59. The van der Waals surface area contributed by atoms with Crippen LogP contribution in [0.15, 0.2) is 36.9 Å². The Morgan fingerprint density at radius 1 is 1.22 bits per heavy atom. The first kappa shape index (κ1) is 18.8. The molecule has 2 heterocycles. The van der Waals surface area contributed by atoms with Crippen molar-refractivity contribution in [2.24, 2.45) is 0 Å². The molecule has 0 bridgehead atoms. The zero-order valence-corrected chi connectivity index (χ0v) is 15.1. The second-order valence-electron chi connectivity index (χ2n) is 6.22. The van der Waals surface area contributed by atoms with E-state index in [1.807, 2.05) is 0 Å². The number of carbonyl (C=O) groups excluding carboxylic acids is 2. The molecule has 0 radical (unpaired) electrons. The van der Waals surface area contributed by atoms with Gasteiger partial charge in [0.05, 0.1) is 12.0 Å². The van der Waals surface area contributed by atoms with E-state index < -0.39 is 0 Å². The third-order valence-corrected chi connectivity index (χ3v) is 4.43. The topological polar surface area (TPSA) is 79.7 Å². The van der Waals surface area contributed by atoms with Crippen molar-refractivity contribution in [2.45, 2.75) is 6.54 Å². The smallest absolute Gasteiger partial charge is 0.317 e. The molecule has 0 unspecified atom stereocenters. The van der Waals surface area contributed by atoms with Crippen molar-refractivity contribution in [2.75, 3.05) is 39.9 Å². The van der Waals surface area contributed by atoms with Crippen LogP contribution >= 0.6 is 0 Å². The number of nitrogens with zero attached hydrogens (tertiary/aromatic N) is 4. The standard InChI is InChI=1S/C18H22FN5O3/c1-27-12-17(25)22-6-8-23(9-7-22)18(26)21-11-14-2-3-16(15(19)10-14)24-5-4-20-13-24/h2-5,10,13H,6-9,11-12H2,1H3,(H,21,26). The molecule has 1 aromatic carbocycles. The lowest BCUT2D eigenvalue weighted by Gasteiger charge is -2.34. The average Bonchev–Trinajstić information content (AvgIpc) is 3.21. The summed E-state index contributed by atoms with van der Waals surface area (Å²) in [5, 5.41) is 2.79. The molecular weight excluding hydrogens is 353 g/mol. The van der Waals surface area contributed by atoms with Gasteiger partial charge in [-0.15, -0.1) is 0 Å². The summed E-state index contributed by atoms with van der Waals surface area (Å²) >= 11 is 0. The van der Waals surface area contributed by atoms with Crippen LogP contribution in [0.2, 0.25) is 0 Å². The van der Waals surface area contributed by atoms with Crippen LogP contribution in [-0.4, -0.2) is 71.2 Å². The Morgan fingerprint density at radius 3 is 2.59 bits per heavy atom. The summed E-state index contributed by atoms with van der Waals surface area (Å²) in [5.74, 6) is -0.462. The molecule has 1 saturated heterocycles. The fraction of sp³-hybridized carbons (Fsp3) is 0.389. The number of ether oxygens (including phenoxy) is 1. The molecule has 27 heavy (non-hydrogen) atoms. The first-order valence-corrected chi connectivity index (χ1v) is 8.64. The summed E-state index contributed by atoms with van der Waals surface area (Å²) in [6.45, 7) is 2.13. The summed E-state index contributed by atoms with van der Waals surface area (Å²) in [5.41, 5.74) is 1.07. The van der Waals surface area contributed by atoms with Crippen LogP contribution in [0.5, 0.6) is 0 Å². The third kappa shape index (κ3) is 4.62. The Labute approximate surface area is 156 Å². The molecule has 3 amide bonds. The molecule has 1 aromatic heterocycles. The van der Waals surface area contributed by atoms with Crippen molar-refractivity contribution >= 4 is 11.9 Å². The second-order valence-corrected chi connectivity index (χ2v) is 6.22. The number of rotatable bonds is 5. The number of amides is 3. The first-order valence-electron chi connectivity index (χ1n) is 8.64. The number of methoxy groups -OCH3 is 1. The van der Waals surface area contributed by atoms with Crippen molar-refractivity contribution in [1.29, 1.82) is 0 Å². The number of halogens is 1. The summed E-state index contributed by atoms with van der Waals surface area (Å²) in [6.07, 6.45) is 4.77. The van der Waals surface area contributed by atoms with Gasteiger partial charge in [0, 0.05) is 52.2 Å². The number of carbonyl (C=O) groups is 2. The minimum Gasteiger partial charge on any atom is -0.375 e. The van der Waals surface area contributed by atoms with Crippen LogP contribution in [0.1, 0.15) is 5.56 Å². The largest absolute Gasteiger partial charge is 0.375 e. The molecule has 0 spiro atoms. The van der Waals surface area contributed by atoms with Crippen molar-refractivity contribution in [1.82, 2.24) is 24.7 Å². The molecule has 0 aliphatic carbocycles. The van der Waals surface area contributed by atoms with E-state index >= 15 is 0 Å². The van der Waals surface area contributed by atoms with Crippen LogP contribution in [0.3, 0.4) is 0 Å². The van der Waals surface area contributed by atoms with Crippen molar-refractivity contribution in [3.8, 4) is 5.69 Å². The molecule has 8 nitrogen and oxygen atoms in total. The van der Waals surface area contributed by atoms with E-state index in [0.717, 1.165) is 0 Å². The van der Waals surface area contributed by atoms with Gasteiger partial charge in [0.25, 0.3) is 0 Å².